The molecule has 176 valence electrons. The molecule has 1 saturated heterocycles. The molecule has 0 atom stereocenters. The molecule has 3 heterocycles. The zero-order valence-corrected chi connectivity index (χ0v) is 19.8. The lowest BCUT2D eigenvalue weighted by Crippen LogP contribution is -2.27. The van der Waals surface area contributed by atoms with Gasteiger partial charge in [0, 0.05) is 55.6 Å². The lowest BCUT2D eigenvalue weighted by atomic mass is 9.97. The first-order valence-electron chi connectivity index (χ1n) is 11.9. The molecule has 1 aliphatic heterocycles. The van der Waals surface area contributed by atoms with Crippen LogP contribution in [0.4, 0.5) is 0 Å². The highest BCUT2D eigenvalue weighted by molar-refractivity contribution is 6.06. The van der Waals surface area contributed by atoms with Crippen LogP contribution in [-0.2, 0) is 16.9 Å². The third-order valence-electron chi connectivity index (χ3n) is 7.11. The quantitative estimate of drug-likeness (QED) is 0.392. The van der Waals surface area contributed by atoms with Crippen molar-refractivity contribution in [1.82, 2.24) is 14.6 Å². The van der Waals surface area contributed by atoms with E-state index in [2.05, 4.69) is 22.8 Å². The first-order chi connectivity index (χ1) is 15.7. The fourth-order valence-electron chi connectivity index (χ4n) is 5.01. The van der Waals surface area contributed by atoms with E-state index in [0.29, 0.717) is 11.8 Å². The smallest absolute Gasteiger partial charge is 0.0960 e. The topological polar surface area (TPSA) is 103 Å². The number of aromatic nitrogens is 2. The summed E-state index contributed by atoms with van der Waals surface area (Å²) in [5, 5.41) is 13.4. The minimum Gasteiger partial charge on any atom is -0.400 e. The maximum absolute atomic E-state index is 10.7. The van der Waals surface area contributed by atoms with Crippen molar-refractivity contribution in [2.75, 3.05) is 20.3 Å². The van der Waals surface area contributed by atoms with Gasteiger partial charge < -0.3 is 25.2 Å². The Morgan fingerprint density at radius 1 is 1.18 bits per heavy atom. The van der Waals surface area contributed by atoms with Gasteiger partial charge >= 0.3 is 0 Å². The monoisotopic (exact) mass is 449 g/mol. The molecule has 7 heteroatoms. The van der Waals surface area contributed by atoms with Gasteiger partial charge in [0.15, 0.2) is 0 Å². The number of rotatable bonds is 6. The molecule has 2 aromatic heterocycles. The van der Waals surface area contributed by atoms with E-state index in [4.69, 9.17) is 21.3 Å². The number of fused-ring (bicyclic) bond motifs is 3. The van der Waals surface area contributed by atoms with Gasteiger partial charge in [0.1, 0.15) is 0 Å². The van der Waals surface area contributed by atoms with E-state index in [0.717, 1.165) is 89.9 Å². The van der Waals surface area contributed by atoms with E-state index >= 15 is 0 Å². The van der Waals surface area contributed by atoms with Crippen molar-refractivity contribution in [3.63, 3.8) is 0 Å². The molecule has 33 heavy (non-hydrogen) atoms. The van der Waals surface area contributed by atoms with Gasteiger partial charge in [0.25, 0.3) is 0 Å². The van der Waals surface area contributed by atoms with Gasteiger partial charge in [-0.15, -0.1) is 0 Å². The molecule has 1 aliphatic carbocycles. The van der Waals surface area contributed by atoms with Gasteiger partial charge in [-0.2, -0.15) is 0 Å². The normalized spacial score (nSPS) is 18.7. The Bertz CT molecular complexity index is 1210. The SMILES string of the molecule is CN(N)/C(=C(\N)C1CC1)c1cnc2c3ccc(C(C)(C)O)cc3n(CC3CCOCC3)c2c1. The van der Waals surface area contributed by atoms with E-state index in [-0.39, 0.29) is 0 Å². The van der Waals surface area contributed by atoms with Crippen molar-refractivity contribution in [3.8, 4) is 0 Å². The molecular formula is C26H35N5O2. The van der Waals surface area contributed by atoms with E-state index in [1.807, 2.05) is 33.2 Å². The van der Waals surface area contributed by atoms with Crippen LogP contribution in [0.2, 0.25) is 0 Å². The van der Waals surface area contributed by atoms with Crippen LogP contribution in [0, 0.1) is 11.8 Å². The average Bonchev–Trinajstić information content (AvgIpc) is 3.59. The second-order valence-electron chi connectivity index (χ2n) is 10.2. The molecule has 3 aromatic rings. The molecule has 1 aromatic carbocycles. The summed E-state index contributed by atoms with van der Waals surface area (Å²) in [7, 11) is 1.84. The number of nitrogens with two attached hydrogens (primary N) is 2. The van der Waals surface area contributed by atoms with Crippen LogP contribution in [0.15, 0.2) is 36.2 Å². The Labute approximate surface area is 195 Å². The van der Waals surface area contributed by atoms with E-state index in [1.54, 1.807) is 5.01 Å². The predicted molar refractivity (Wildman–Crippen MR) is 132 cm³/mol. The number of ether oxygens (including phenoxy) is 1. The summed E-state index contributed by atoms with van der Waals surface area (Å²) in [4.78, 5) is 4.90. The summed E-state index contributed by atoms with van der Waals surface area (Å²) in [6.45, 7) is 6.15. The van der Waals surface area contributed by atoms with Crippen molar-refractivity contribution in [2.24, 2.45) is 23.4 Å². The fourth-order valence-corrected chi connectivity index (χ4v) is 5.01. The second-order valence-corrected chi connectivity index (χ2v) is 10.2. The number of pyridine rings is 1. The Kier molecular flexibility index (Phi) is 5.59. The van der Waals surface area contributed by atoms with Crippen molar-refractivity contribution in [3.05, 3.63) is 47.3 Å². The molecule has 0 amide bonds. The highest BCUT2D eigenvalue weighted by Gasteiger charge is 2.29. The highest BCUT2D eigenvalue weighted by Crippen LogP contribution is 2.39. The minimum absolute atomic E-state index is 0.407. The number of nitrogens with zero attached hydrogens (tertiary/aromatic N) is 3. The Morgan fingerprint density at radius 2 is 1.91 bits per heavy atom. The summed E-state index contributed by atoms with van der Waals surface area (Å²) >= 11 is 0. The summed E-state index contributed by atoms with van der Waals surface area (Å²) in [6.07, 6.45) is 6.21. The lowest BCUT2D eigenvalue weighted by molar-refractivity contribution is 0.0619. The van der Waals surface area contributed by atoms with Crippen molar-refractivity contribution in [2.45, 2.75) is 51.7 Å². The summed E-state index contributed by atoms with van der Waals surface area (Å²) in [5.74, 6) is 7.17. The zero-order chi connectivity index (χ0) is 23.3. The molecule has 2 fully saturated rings. The van der Waals surface area contributed by atoms with Gasteiger partial charge in [-0.25, -0.2) is 5.84 Å². The van der Waals surface area contributed by atoms with Crippen molar-refractivity contribution < 1.29 is 9.84 Å². The third kappa shape index (κ3) is 4.21. The minimum atomic E-state index is -0.913. The van der Waals surface area contributed by atoms with Crippen LogP contribution < -0.4 is 11.6 Å². The standard InChI is InChI=1S/C26H35N5O2/c1-26(2,32)19-6-7-20-21(13-19)31(15-16-8-10-33-11-9-16)22-12-18(14-29-24(20)22)25(30(3)28)23(27)17-4-5-17/h6-7,12-14,16-17,32H,4-5,8-11,15,27-28H2,1-3H3/b25-23-. The van der Waals surface area contributed by atoms with E-state index < -0.39 is 5.60 Å². The predicted octanol–water partition coefficient (Wildman–Crippen LogP) is 3.69. The van der Waals surface area contributed by atoms with E-state index in [9.17, 15) is 5.11 Å². The van der Waals surface area contributed by atoms with Crippen LogP contribution in [0.1, 0.15) is 50.7 Å². The summed E-state index contributed by atoms with van der Waals surface area (Å²) < 4.78 is 7.96. The Balaban J connectivity index is 1.71. The average molecular weight is 450 g/mol. The van der Waals surface area contributed by atoms with Crippen LogP contribution in [-0.4, -0.2) is 39.9 Å². The first-order valence-corrected chi connectivity index (χ1v) is 11.9. The molecule has 1 saturated carbocycles. The molecule has 0 spiro atoms. The van der Waals surface area contributed by atoms with Gasteiger partial charge in [-0.3, -0.25) is 4.98 Å². The summed E-state index contributed by atoms with van der Waals surface area (Å²) in [6, 6.07) is 8.38. The number of hydrogen-bond donors (Lipinski definition) is 3. The molecular weight excluding hydrogens is 414 g/mol. The van der Waals surface area contributed by atoms with Gasteiger partial charge in [-0.1, -0.05) is 12.1 Å². The van der Waals surface area contributed by atoms with Crippen molar-refractivity contribution in [1.29, 1.82) is 0 Å². The molecule has 5 rings (SSSR count). The maximum atomic E-state index is 10.7. The maximum Gasteiger partial charge on any atom is 0.0960 e. The Hall–Kier alpha value is -2.61. The first kappa shape index (κ1) is 22.2. The number of hydrogen-bond acceptors (Lipinski definition) is 6. The number of aliphatic hydroxyl groups is 1. The molecule has 7 nitrogen and oxygen atoms in total. The summed E-state index contributed by atoms with van der Waals surface area (Å²) in [5.41, 5.74) is 12.3. The van der Waals surface area contributed by atoms with Crippen LogP contribution >= 0.6 is 0 Å². The molecule has 0 radical (unpaired) electrons. The van der Waals surface area contributed by atoms with Crippen LogP contribution in [0.25, 0.3) is 27.6 Å². The molecule has 5 N–H and O–H groups in total. The Morgan fingerprint density at radius 3 is 2.55 bits per heavy atom. The zero-order valence-electron chi connectivity index (χ0n) is 19.8. The fraction of sp³-hybridized carbons (Fsp3) is 0.500. The largest absolute Gasteiger partial charge is 0.400 e. The number of benzene rings is 1. The molecule has 0 unspecified atom stereocenters. The van der Waals surface area contributed by atoms with Crippen molar-refractivity contribution >= 4 is 27.6 Å². The van der Waals surface area contributed by atoms with Gasteiger partial charge in [0.05, 0.1) is 27.8 Å². The molecule has 0 bridgehead atoms. The number of allylic oxidation sites excluding steroid dienone is 1. The number of hydrazine groups is 1. The van der Waals surface area contributed by atoms with Gasteiger partial charge in [-0.05, 0) is 63.1 Å². The highest BCUT2D eigenvalue weighted by atomic mass is 16.5. The van der Waals surface area contributed by atoms with Crippen LogP contribution in [0.3, 0.4) is 0 Å². The lowest BCUT2D eigenvalue weighted by Gasteiger charge is -2.24. The van der Waals surface area contributed by atoms with Crippen LogP contribution in [0.5, 0.6) is 0 Å². The van der Waals surface area contributed by atoms with Gasteiger partial charge in [0.2, 0.25) is 0 Å². The molecule has 2 aliphatic rings. The second kappa shape index (κ2) is 8.31. The van der Waals surface area contributed by atoms with E-state index in [1.165, 1.54) is 0 Å². The third-order valence-corrected chi connectivity index (χ3v) is 7.11.